The molecule has 1 aromatic carbocycles. The molecule has 0 aromatic heterocycles. The Morgan fingerprint density at radius 1 is 1.35 bits per heavy atom. The maximum atomic E-state index is 13.0. The van der Waals surface area contributed by atoms with Crippen LogP contribution in [-0.2, 0) is 6.42 Å². The summed E-state index contributed by atoms with van der Waals surface area (Å²) in [6.07, 6.45) is 4.08. The van der Waals surface area contributed by atoms with Crippen molar-refractivity contribution in [2.24, 2.45) is 5.73 Å². The van der Waals surface area contributed by atoms with E-state index in [-0.39, 0.29) is 11.4 Å². The van der Waals surface area contributed by atoms with E-state index in [9.17, 15) is 4.39 Å². The van der Waals surface area contributed by atoms with E-state index in [1.54, 1.807) is 0 Å². The van der Waals surface area contributed by atoms with Gasteiger partial charge in [-0.15, -0.1) is 0 Å². The SMILES string of the molecule is CCC(CSC)N(C)C(C)(CN)Cc1ccc(F)cc1. The Labute approximate surface area is 126 Å². The third kappa shape index (κ3) is 4.47. The highest BCUT2D eigenvalue weighted by atomic mass is 32.2. The number of rotatable bonds is 8. The fraction of sp³-hybridized carbons (Fsp3) is 0.625. The summed E-state index contributed by atoms with van der Waals surface area (Å²) in [7, 11) is 2.15. The standard InChI is InChI=1S/C16H27FN2S/c1-5-15(11-20-4)19(3)16(2,12-18)10-13-6-8-14(17)9-7-13/h6-9,15H,5,10-12,18H2,1-4H3. The molecule has 0 amide bonds. The zero-order valence-corrected chi connectivity index (χ0v) is 13.8. The molecule has 0 heterocycles. The summed E-state index contributed by atoms with van der Waals surface area (Å²) in [5.74, 6) is 0.914. The van der Waals surface area contributed by atoms with Crippen molar-refractivity contribution in [3.63, 3.8) is 0 Å². The maximum absolute atomic E-state index is 13.0. The van der Waals surface area contributed by atoms with Crippen LogP contribution < -0.4 is 5.73 Å². The Hall–Kier alpha value is -0.580. The molecule has 114 valence electrons. The van der Waals surface area contributed by atoms with E-state index in [0.717, 1.165) is 24.2 Å². The van der Waals surface area contributed by atoms with E-state index >= 15 is 0 Å². The van der Waals surface area contributed by atoms with E-state index in [1.165, 1.54) is 12.1 Å². The highest BCUT2D eigenvalue weighted by Gasteiger charge is 2.32. The van der Waals surface area contributed by atoms with Gasteiger partial charge in [-0.1, -0.05) is 19.1 Å². The summed E-state index contributed by atoms with van der Waals surface area (Å²) in [6, 6.07) is 7.26. The summed E-state index contributed by atoms with van der Waals surface area (Å²) >= 11 is 1.87. The second-order valence-corrected chi connectivity index (χ2v) is 6.54. The highest BCUT2D eigenvalue weighted by molar-refractivity contribution is 7.98. The van der Waals surface area contributed by atoms with E-state index in [4.69, 9.17) is 5.73 Å². The molecular weight excluding hydrogens is 271 g/mol. The summed E-state index contributed by atoms with van der Waals surface area (Å²) in [4.78, 5) is 2.40. The Balaban J connectivity index is 2.86. The fourth-order valence-corrected chi connectivity index (χ4v) is 3.36. The molecule has 0 radical (unpaired) electrons. The molecule has 20 heavy (non-hydrogen) atoms. The Morgan fingerprint density at radius 2 is 1.95 bits per heavy atom. The molecule has 0 bridgehead atoms. The van der Waals surface area contributed by atoms with Gasteiger partial charge in [0.1, 0.15) is 5.82 Å². The second kappa shape index (κ2) is 8.01. The smallest absolute Gasteiger partial charge is 0.123 e. The lowest BCUT2D eigenvalue weighted by Crippen LogP contribution is -2.55. The minimum absolute atomic E-state index is 0.103. The van der Waals surface area contributed by atoms with Gasteiger partial charge in [0.2, 0.25) is 0 Å². The van der Waals surface area contributed by atoms with Crippen molar-refractivity contribution in [3.8, 4) is 0 Å². The molecule has 0 aliphatic heterocycles. The van der Waals surface area contributed by atoms with Crippen LogP contribution in [0.3, 0.4) is 0 Å². The molecular formula is C16H27FN2S. The third-order valence-corrected chi connectivity index (χ3v) is 4.89. The largest absolute Gasteiger partial charge is 0.329 e. The van der Waals surface area contributed by atoms with Gasteiger partial charge >= 0.3 is 0 Å². The van der Waals surface area contributed by atoms with Crippen LogP contribution in [-0.4, -0.2) is 42.1 Å². The van der Waals surface area contributed by atoms with Gasteiger partial charge in [0, 0.05) is 23.9 Å². The molecule has 2 unspecified atom stereocenters. The maximum Gasteiger partial charge on any atom is 0.123 e. The van der Waals surface area contributed by atoms with Gasteiger partial charge in [-0.05, 0) is 50.8 Å². The van der Waals surface area contributed by atoms with Crippen LogP contribution in [0.25, 0.3) is 0 Å². The molecule has 0 fully saturated rings. The van der Waals surface area contributed by atoms with Crippen LogP contribution in [0.15, 0.2) is 24.3 Å². The van der Waals surface area contributed by atoms with Crippen LogP contribution in [0.1, 0.15) is 25.8 Å². The minimum Gasteiger partial charge on any atom is -0.329 e. The third-order valence-electron chi connectivity index (χ3n) is 4.17. The Bertz CT molecular complexity index is 396. The topological polar surface area (TPSA) is 29.3 Å². The van der Waals surface area contributed by atoms with Crippen molar-refractivity contribution in [1.82, 2.24) is 4.90 Å². The van der Waals surface area contributed by atoms with Crippen molar-refractivity contribution >= 4 is 11.8 Å². The minimum atomic E-state index is -0.189. The lowest BCUT2D eigenvalue weighted by molar-refractivity contribution is 0.100. The molecule has 2 atom stereocenters. The molecule has 0 spiro atoms. The molecule has 0 saturated carbocycles. The number of thioether (sulfide) groups is 1. The summed E-state index contributed by atoms with van der Waals surface area (Å²) < 4.78 is 13.0. The summed E-state index contributed by atoms with van der Waals surface area (Å²) in [6.45, 7) is 5.00. The lowest BCUT2D eigenvalue weighted by atomic mass is 9.89. The van der Waals surface area contributed by atoms with Gasteiger partial charge in [-0.25, -0.2) is 4.39 Å². The molecule has 0 aliphatic rings. The zero-order valence-electron chi connectivity index (χ0n) is 13.0. The predicted octanol–water partition coefficient (Wildman–Crippen LogP) is 3.16. The van der Waals surface area contributed by atoms with Crippen molar-refractivity contribution in [1.29, 1.82) is 0 Å². The number of benzene rings is 1. The molecule has 2 nitrogen and oxygen atoms in total. The van der Waals surface area contributed by atoms with Crippen LogP contribution in [0.5, 0.6) is 0 Å². The number of halogens is 1. The normalized spacial score (nSPS) is 16.1. The van der Waals surface area contributed by atoms with Crippen molar-refractivity contribution in [3.05, 3.63) is 35.6 Å². The summed E-state index contributed by atoms with van der Waals surface area (Å²) in [5, 5.41) is 0. The Kier molecular flexibility index (Phi) is 7.00. The lowest BCUT2D eigenvalue weighted by Gasteiger charge is -2.43. The van der Waals surface area contributed by atoms with E-state index < -0.39 is 0 Å². The van der Waals surface area contributed by atoms with Gasteiger partial charge in [0.25, 0.3) is 0 Å². The van der Waals surface area contributed by atoms with E-state index in [1.807, 2.05) is 23.9 Å². The fourth-order valence-electron chi connectivity index (χ4n) is 2.52. The molecule has 1 rings (SSSR count). The predicted molar refractivity (Wildman–Crippen MR) is 87.8 cm³/mol. The first kappa shape index (κ1) is 17.5. The van der Waals surface area contributed by atoms with E-state index in [0.29, 0.717) is 12.6 Å². The number of likely N-dealkylation sites (N-methyl/N-ethyl adjacent to an activating group) is 1. The van der Waals surface area contributed by atoms with Gasteiger partial charge < -0.3 is 5.73 Å². The number of hydrogen-bond acceptors (Lipinski definition) is 3. The Morgan fingerprint density at radius 3 is 2.40 bits per heavy atom. The van der Waals surface area contributed by atoms with Crippen molar-refractivity contribution in [2.75, 3.05) is 25.6 Å². The second-order valence-electron chi connectivity index (χ2n) is 5.63. The first-order valence-electron chi connectivity index (χ1n) is 7.13. The van der Waals surface area contributed by atoms with Crippen LogP contribution in [0.2, 0.25) is 0 Å². The number of nitrogens with two attached hydrogens (primary N) is 1. The quantitative estimate of drug-likeness (QED) is 0.799. The van der Waals surface area contributed by atoms with Gasteiger partial charge in [-0.3, -0.25) is 4.90 Å². The van der Waals surface area contributed by atoms with Crippen molar-refractivity contribution in [2.45, 2.75) is 38.3 Å². The first-order valence-corrected chi connectivity index (χ1v) is 8.52. The molecule has 1 aromatic rings. The van der Waals surface area contributed by atoms with Crippen LogP contribution >= 0.6 is 11.8 Å². The highest BCUT2D eigenvalue weighted by Crippen LogP contribution is 2.23. The molecule has 0 saturated heterocycles. The number of nitrogens with zero attached hydrogens (tertiary/aromatic N) is 1. The van der Waals surface area contributed by atoms with Crippen LogP contribution in [0, 0.1) is 5.82 Å². The molecule has 0 aliphatic carbocycles. The first-order chi connectivity index (χ1) is 9.46. The van der Waals surface area contributed by atoms with Crippen LogP contribution in [0.4, 0.5) is 4.39 Å². The average molecular weight is 298 g/mol. The van der Waals surface area contributed by atoms with Gasteiger partial charge in [-0.2, -0.15) is 11.8 Å². The monoisotopic (exact) mass is 298 g/mol. The summed E-state index contributed by atoms with van der Waals surface area (Å²) in [5.41, 5.74) is 7.08. The van der Waals surface area contributed by atoms with Gasteiger partial charge in [0.05, 0.1) is 0 Å². The van der Waals surface area contributed by atoms with E-state index in [2.05, 4.69) is 32.1 Å². The zero-order chi connectivity index (χ0) is 15.2. The van der Waals surface area contributed by atoms with Gasteiger partial charge in [0.15, 0.2) is 0 Å². The van der Waals surface area contributed by atoms with Crippen molar-refractivity contribution < 1.29 is 4.39 Å². The molecule has 4 heteroatoms. The average Bonchev–Trinajstić information content (AvgIpc) is 2.46. The molecule has 2 N–H and O–H groups in total. The number of hydrogen-bond donors (Lipinski definition) is 1.